The van der Waals surface area contributed by atoms with E-state index in [4.69, 9.17) is 4.74 Å². The van der Waals surface area contributed by atoms with Crippen LogP contribution in [0.25, 0.3) is 16.6 Å². The van der Waals surface area contributed by atoms with Crippen molar-refractivity contribution in [2.75, 3.05) is 11.9 Å². The number of nitrogens with zero attached hydrogens (tertiary/aromatic N) is 3. The summed E-state index contributed by atoms with van der Waals surface area (Å²) in [6.07, 6.45) is 3.29. The van der Waals surface area contributed by atoms with E-state index in [1.54, 1.807) is 48.1 Å². The minimum absolute atomic E-state index is 0.0881. The van der Waals surface area contributed by atoms with Gasteiger partial charge in [0.05, 0.1) is 12.1 Å². The number of esters is 1. The molecule has 4 aromatic rings. The van der Waals surface area contributed by atoms with Crippen LogP contribution in [0.2, 0.25) is 0 Å². The second-order valence-corrected chi connectivity index (χ2v) is 6.90. The van der Waals surface area contributed by atoms with Crippen LogP contribution in [-0.4, -0.2) is 32.4 Å². The van der Waals surface area contributed by atoms with Gasteiger partial charge in [0, 0.05) is 30.4 Å². The SMILES string of the molecule is CCOC(=O)c1c(Nc2ccc3c(ccn3C(C)=O)c2)nc2cc(C)ccn2c1=O. The van der Waals surface area contributed by atoms with Gasteiger partial charge in [-0.15, -0.1) is 0 Å². The lowest BCUT2D eigenvalue weighted by Gasteiger charge is -2.12. The number of aromatic nitrogens is 3. The Morgan fingerprint density at radius 3 is 2.67 bits per heavy atom. The third-order valence-electron chi connectivity index (χ3n) is 4.76. The van der Waals surface area contributed by atoms with Gasteiger partial charge in [0.1, 0.15) is 5.65 Å². The minimum Gasteiger partial charge on any atom is -0.462 e. The quantitative estimate of drug-likeness (QED) is 0.523. The molecular formula is C22H20N4O4. The van der Waals surface area contributed by atoms with Gasteiger partial charge in [-0.2, -0.15) is 0 Å². The fraction of sp³-hybridized carbons (Fsp3) is 0.182. The minimum atomic E-state index is -0.740. The molecule has 8 nitrogen and oxygen atoms in total. The number of rotatable bonds is 4. The van der Waals surface area contributed by atoms with Gasteiger partial charge in [-0.05, 0) is 55.8 Å². The molecule has 1 N–H and O–H groups in total. The van der Waals surface area contributed by atoms with E-state index in [1.807, 2.05) is 19.1 Å². The number of carbonyl (C=O) groups excluding carboxylic acids is 2. The van der Waals surface area contributed by atoms with Crippen LogP contribution in [0.5, 0.6) is 0 Å². The molecule has 0 aliphatic heterocycles. The van der Waals surface area contributed by atoms with Crippen LogP contribution in [0.15, 0.2) is 53.6 Å². The molecule has 0 amide bonds. The van der Waals surface area contributed by atoms with E-state index in [0.29, 0.717) is 11.3 Å². The third kappa shape index (κ3) is 3.32. The maximum absolute atomic E-state index is 13.0. The van der Waals surface area contributed by atoms with Gasteiger partial charge >= 0.3 is 5.97 Å². The predicted octanol–water partition coefficient (Wildman–Crippen LogP) is 3.54. The van der Waals surface area contributed by atoms with Crippen molar-refractivity contribution in [2.24, 2.45) is 0 Å². The van der Waals surface area contributed by atoms with Crippen LogP contribution in [0, 0.1) is 6.92 Å². The maximum atomic E-state index is 13.0. The number of nitrogens with one attached hydrogen (secondary N) is 1. The van der Waals surface area contributed by atoms with Crippen molar-refractivity contribution in [2.45, 2.75) is 20.8 Å². The molecule has 0 spiro atoms. The highest BCUT2D eigenvalue weighted by Gasteiger charge is 2.22. The average molecular weight is 404 g/mol. The summed E-state index contributed by atoms with van der Waals surface area (Å²) in [5.41, 5.74) is 2.06. The van der Waals surface area contributed by atoms with Crippen molar-refractivity contribution in [1.29, 1.82) is 0 Å². The molecule has 0 aliphatic rings. The van der Waals surface area contributed by atoms with E-state index in [0.717, 1.165) is 16.5 Å². The highest BCUT2D eigenvalue weighted by molar-refractivity contribution is 5.97. The van der Waals surface area contributed by atoms with Crippen molar-refractivity contribution in [3.05, 3.63) is 70.3 Å². The number of hydrogen-bond donors (Lipinski definition) is 1. The number of benzene rings is 1. The maximum Gasteiger partial charge on any atom is 0.347 e. The molecule has 0 radical (unpaired) electrons. The summed E-state index contributed by atoms with van der Waals surface area (Å²) in [6, 6.07) is 10.7. The summed E-state index contributed by atoms with van der Waals surface area (Å²) in [4.78, 5) is 41.7. The zero-order valence-corrected chi connectivity index (χ0v) is 16.8. The Bertz CT molecular complexity index is 1370. The van der Waals surface area contributed by atoms with E-state index in [1.165, 1.54) is 11.3 Å². The number of ether oxygens (including phenoxy) is 1. The van der Waals surface area contributed by atoms with Crippen LogP contribution < -0.4 is 10.9 Å². The molecule has 0 saturated carbocycles. The molecule has 8 heteroatoms. The fourth-order valence-corrected chi connectivity index (χ4v) is 3.35. The average Bonchev–Trinajstić information content (AvgIpc) is 3.11. The molecule has 0 unspecified atom stereocenters. The van der Waals surface area contributed by atoms with Crippen molar-refractivity contribution in [1.82, 2.24) is 14.0 Å². The van der Waals surface area contributed by atoms with E-state index in [9.17, 15) is 14.4 Å². The third-order valence-corrected chi connectivity index (χ3v) is 4.76. The Labute approximate surface area is 171 Å². The molecule has 0 aliphatic carbocycles. The van der Waals surface area contributed by atoms with Crippen molar-refractivity contribution >= 4 is 39.9 Å². The molecule has 0 saturated heterocycles. The van der Waals surface area contributed by atoms with Crippen molar-refractivity contribution in [3.8, 4) is 0 Å². The summed E-state index contributed by atoms with van der Waals surface area (Å²) in [6.45, 7) is 5.20. The first-order valence-electron chi connectivity index (χ1n) is 9.48. The van der Waals surface area contributed by atoms with Gasteiger partial charge < -0.3 is 10.1 Å². The van der Waals surface area contributed by atoms with Crippen LogP contribution in [0.4, 0.5) is 11.5 Å². The molecule has 0 atom stereocenters. The van der Waals surface area contributed by atoms with Crippen LogP contribution >= 0.6 is 0 Å². The Kier molecular flexibility index (Phi) is 4.83. The number of carbonyl (C=O) groups is 2. The Hall–Kier alpha value is -3.94. The van der Waals surface area contributed by atoms with Crippen LogP contribution in [0.1, 0.15) is 34.6 Å². The lowest BCUT2D eigenvalue weighted by atomic mass is 10.2. The smallest absolute Gasteiger partial charge is 0.347 e. The van der Waals surface area contributed by atoms with E-state index < -0.39 is 11.5 Å². The highest BCUT2D eigenvalue weighted by Crippen LogP contribution is 2.24. The molecule has 3 aromatic heterocycles. The molecular weight excluding hydrogens is 384 g/mol. The standard InChI is InChI=1S/C22H20N4O4/c1-4-30-22(29)19-20(24-18-11-13(2)7-9-26(18)21(19)28)23-16-5-6-17-15(12-16)8-10-25(17)14(3)27/h5-12,23H,4H2,1-3H3. The van der Waals surface area contributed by atoms with Crippen molar-refractivity contribution in [3.63, 3.8) is 0 Å². The first-order valence-corrected chi connectivity index (χ1v) is 9.48. The predicted molar refractivity (Wildman–Crippen MR) is 114 cm³/mol. The number of aryl methyl sites for hydroxylation is 1. The van der Waals surface area contributed by atoms with Gasteiger partial charge in [0.2, 0.25) is 5.91 Å². The second kappa shape index (κ2) is 7.47. The molecule has 4 rings (SSSR count). The molecule has 3 heterocycles. The Morgan fingerprint density at radius 1 is 1.13 bits per heavy atom. The zero-order chi connectivity index (χ0) is 21.4. The largest absolute Gasteiger partial charge is 0.462 e. The summed E-state index contributed by atoms with van der Waals surface area (Å²) in [7, 11) is 0. The lowest BCUT2D eigenvalue weighted by Crippen LogP contribution is -2.26. The molecule has 1 aromatic carbocycles. The fourth-order valence-electron chi connectivity index (χ4n) is 3.35. The Morgan fingerprint density at radius 2 is 1.93 bits per heavy atom. The summed E-state index contributed by atoms with van der Waals surface area (Å²) in [5.74, 6) is -0.708. The normalized spacial score (nSPS) is 11.0. The summed E-state index contributed by atoms with van der Waals surface area (Å²) >= 11 is 0. The zero-order valence-electron chi connectivity index (χ0n) is 16.8. The van der Waals surface area contributed by atoms with Crippen LogP contribution in [0.3, 0.4) is 0 Å². The first-order chi connectivity index (χ1) is 14.4. The monoisotopic (exact) mass is 404 g/mol. The van der Waals surface area contributed by atoms with Crippen molar-refractivity contribution < 1.29 is 14.3 Å². The topological polar surface area (TPSA) is 94.7 Å². The van der Waals surface area contributed by atoms with E-state index in [-0.39, 0.29) is 23.9 Å². The lowest BCUT2D eigenvalue weighted by molar-refractivity contribution is 0.0524. The highest BCUT2D eigenvalue weighted by atomic mass is 16.5. The van der Waals surface area contributed by atoms with Crippen LogP contribution in [-0.2, 0) is 4.74 Å². The van der Waals surface area contributed by atoms with Gasteiger partial charge in [-0.3, -0.25) is 18.6 Å². The van der Waals surface area contributed by atoms with Gasteiger partial charge in [-0.25, -0.2) is 9.78 Å². The van der Waals surface area contributed by atoms with E-state index in [2.05, 4.69) is 10.3 Å². The first kappa shape index (κ1) is 19.4. The number of fused-ring (bicyclic) bond motifs is 2. The van der Waals surface area contributed by atoms with Gasteiger partial charge in [0.15, 0.2) is 11.4 Å². The summed E-state index contributed by atoms with van der Waals surface area (Å²) in [5, 5.41) is 3.91. The molecule has 0 bridgehead atoms. The summed E-state index contributed by atoms with van der Waals surface area (Å²) < 4.78 is 7.95. The number of pyridine rings is 1. The molecule has 30 heavy (non-hydrogen) atoms. The van der Waals surface area contributed by atoms with Gasteiger partial charge in [0.25, 0.3) is 5.56 Å². The second-order valence-electron chi connectivity index (χ2n) is 6.90. The molecule has 0 fully saturated rings. The molecule has 152 valence electrons. The number of hydrogen-bond acceptors (Lipinski definition) is 6. The number of anilines is 2. The van der Waals surface area contributed by atoms with Gasteiger partial charge in [-0.1, -0.05) is 0 Å². The Balaban J connectivity index is 1.85. The van der Waals surface area contributed by atoms with E-state index >= 15 is 0 Å².